The number of hydrogen-bond donors (Lipinski definition) is 1. The van der Waals surface area contributed by atoms with Crippen LogP contribution in [0.4, 0.5) is 5.69 Å². The van der Waals surface area contributed by atoms with E-state index in [-0.39, 0.29) is 5.91 Å². The van der Waals surface area contributed by atoms with Crippen molar-refractivity contribution in [2.45, 2.75) is 25.9 Å². The normalized spacial score (nSPS) is 13.0. The Bertz CT molecular complexity index is 902. The van der Waals surface area contributed by atoms with Crippen molar-refractivity contribution in [3.8, 4) is 0 Å². The lowest BCUT2D eigenvalue weighted by Gasteiger charge is -2.35. The standard InChI is InChI=1S/C22H26N4O/c1-17-10-12-19(13-11-17)24-22(2,18-8-6-5-7-9-18)21(27)26(4)16-20-23-14-15-25(20)3/h5-15,24H,16H2,1-4H3. The molecule has 140 valence electrons. The van der Waals surface area contributed by atoms with Gasteiger partial charge in [0.2, 0.25) is 0 Å². The summed E-state index contributed by atoms with van der Waals surface area (Å²) in [7, 11) is 3.75. The second kappa shape index (κ2) is 7.66. The van der Waals surface area contributed by atoms with Crippen molar-refractivity contribution in [2.75, 3.05) is 12.4 Å². The van der Waals surface area contributed by atoms with Crippen molar-refractivity contribution >= 4 is 11.6 Å². The van der Waals surface area contributed by atoms with Crippen LogP contribution >= 0.6 is 0 Å². The molecule has 2 aromatic carbocycles. The van der Waals surface area contributed by atoms with Crippen molar-refractivity contribution in [3.05, 3.63) is 83.9 Å². The fraction of sp³-hybridized carbons (Fsp3) is 0.273. The van der Waals surface area contributed by atoms with E-state index in [1.807, 2.05) is 93.3 Å². The molecule has 1 aromatic heterocycles. The lowest BCUT2D eigenvalue weighted by atomic mass is 9.89. The number of likely N-dealkylation sites (N-methyl/N-ethyl adjacent to an activating group) is 1. The maximum absolute atomic E-state index is 13.5. The van der Waals surface area contributed by atoms with E-state index in [0.717, 1.165) is 17.1 Å². The first-order valence-electron chi connectivity index (χ1n) is 9.02. The molecule has 0 spiro atoms. The quantitative estimate of drug-likeness (QED) is 0.727. The Balaban J connectivity index is 1.92. The summed E-state index contributed by atoms with van der Waals surface area (Å²) in [5, 5.41) is 3.46. The highest BCUT2D eigenvalue weighted by molar-refractivity contribution is 5.90. The Labute approximate surface area is 160 Å². The van der Waals surface area contributed by atoms with Crippen LogP contribution in [0.2, 0.25) is 0 Å². The summed E-state index contributed by atoms with van der Waals surface area (Å²) in [5.74, 6) is 0.828. The molecule has 0 saturated heterocycles. The van der Waals surface area contributed by atoms with Crippen LogP contribution in [0.15, 0.2) is 67.0 Å². The summed E-state index contributed by atoms with van der Waals surface area (Å²) in [6, 6.07) is 17.9. The summed E-state index contributed by atoms with van der Waals surface area (Å²) in [6.07, 6.45) is 3.63. The molecule has 0 aliphatic rings. The van der Waals surface area contributed by atoms with Gasteiger partial charge in [-0.15, -0.1) is 0 Å². The molecule has 0 fully saturated rings. The van der Waals surface area contributed by atoms with Gasteiger partial charge in [0.15, 0.2) is 0 Å². The fourth-order valence-corrected chi connectivity index (χ4v) is 3.16. The van der Waals surface area contributed by atoms with Gasteiger partial charge in [0, 0.05) is 32.2 Å². The molecule has 0 aliphatic heterocycles. The van der Waals surface area contributed by atoms with E-state index in [1.165, 1.54) is 5.56 Å². The predicted molar refractivity (Wildman–Crippen MR) is 108 cm³/mol. The summed E-state index contributed by atoms with van der Waals surface area (Å²) < 4.78 is 1.93. The lowest BCUT2D eigenvalue weighted by molar-refractivity contribution is -0.135. The third kappa shape index (κ3) is 4.03. The minimum absolute atomic E-state index is 0.0164. The van der Waals surface area contributed by atoms with E-state index in [4.69, 9.17) is 0 Å². The number of imidazole rings is 1. The minimum atomic E-state index is -0.892. The molecule has 27 heavy (non-hydrogen) atoms. The first-order valence-corrected chi connectivity index (χ1v) is 9.02. The Hall–Kier alpha value is -3.08. The zero-order chi connectivity index (χ0) is 19.4. The summed E-state index contributed by atoms with van der Waals surface area (Å²) >= 11 is 0. The number of amides is 1. The molecule has 0 radical (unpaired) electrons. The van der Waals surface area contributed by atoms with Gasteiger partial charge in [-0.3, -0.25) is 4.79 Å². The Kier molecular flexibility index (Phi) is 5.31. The van der Waals surface area contributed by atoms with Gasteiger partial charge in [-0.05, 0) is 31.5 Å². The summed E-state index contributed by atoms with van der Waals surface area (Å²) in [6.45, 7) is 4.42. The molecular weight excluding hydrogens is 336 g/mol. The average molecular weight is 362 g/mol. The molecule has 1 unspecified atom stereocenters. The van der Waals surface area contributed by atoms with Gasteiger partial charge < -0.3 is 14.8 Å². The van der Waals surface area contributed by atoms with Gasteiger partial charge in [-0.1, -0.05) is 48.0 Å². The highest BCUT2D eigenvalue weighted by Gasteiger charge is 2.37. The number of carbonyl (C=O) groups excluding carboxylic acids is 1. The van der Waals surface area contributed by atoms with Crippen molar-refractivity contribution < 1.29 is 4.79 Å². The SMILES string of the molecule is Cc1ccc(NC(C)(C(=O)N(C)Cc2nccn2C)c2ccccc2)cc1. The van der Waals surface area contributed by atoms with Crippen LogP contribution in [-0.2, 0) is 23.9 Å². The Morgan fingerprint density at radius 3 is 2.41 bits per heavy atom. The molecule has 1 heterocycles. The van der Waals surface area contributed by atoms with Gasteiger partial charge in [0.1, 0.15) is 11.4 Å². The number of anilines is 1. The predicted octanol–water partition coefficient (Wildman–Crippen LogP) is 3.71. The first kappa shape index (κ1) is 18.7. The second-order valence-corrected chi connectivity index (χ2v) is 7.10. The third-order valence-electron chi connectivity index (χ3n) is 4.87. The van der Waals surface area contributed by atoms with Gasteiger partial charge in [-0.25, -0.2) is 4.98 Å². The molecule has 5 heteroatoms. The minimum Gasteiger partial charge on any atom is -0.368 e. The maximum atomic E-state index is 13.5. The van der Waals surface area contributed by atoms with Gasteiger partial charge in [-0.2, -0.15) is 0 Å². The smallest absolute Gasteiger partial charge is 0.252 e. The zero-order valence-electron chi connectivity index (χ0n) is 16.3. The highest BCUT2D eigenvalue weighted by Crippen LogP contribution is 2.29. The topological polar surface area (TPSA) is 50.2 Å². The van der Waals surface area contributed by atoms with Gasteiger partial charge in [0.25, 0.3) is 5.91 Å². The molecule has 1 N–H and O–H groups in total. The van der Waals surface area contributed by atoms with Crippen LogP contribution in [0, 0.1) is 6.92 Å². The van der Waals surface area contributed by atoms with Crippen LogP contribution in [0.25, 0.3) is 0 Å². The van der Waals surface area contributed by atoms with Crippen molar-refractivity contribution in [3.63, 3.8) is 0 Å². The molecule has 3 aromatic rings. The molecule has 1 atom stereocenters. The summed E-state index contributed by atoms with van der Waals surface area (Å²) in [5.41, 5.74) is 2.12. The number of hydrogen-bond acceptors (Lipinski definition) is 3. The molecular formula is C22H26N4O. The first-order chi connectivity index (χ1) is 12.9. The fourth-order valence-electron chi connectivity index (χ4n) is 3.16. The Morgan fingerprint density at radius 2 is 1.81 bits per heavy atom. The van der Waals surface area contributed by atoms with Crippen LogP contribution in [-0.4, -0.2) is 27.4 Å². The zero-order valence-corrected chi connectivity index (χ0v) is 16.3. The average Bonchev–Trinajstić information content (AvgIpc) is 3.08. The number of benzene rings is 2. The van der Waals surface area contributed by atoms with E-state index in [0.29, 0.717) is 6.54 Å². The van der Waals surface area contributed by atoms with Crippen molar-refractivity contribution in [1.29, 1.82) is 0 Å². The number of carbonyl (C=O) groups is 1. The molecule has 1 amide bonds. The number of nitrogens with one attached hydrogen (secondary N) is 1. The van der Waals surface area contributed by atoms with E-state index >= 15 is 0 Å². The number of nitrogens with zero attached hydrogens (tertiary/aromatic N) is 3. The van der Waals surface area contributed by atoms with E-state index < -0.39 is 5.54 Å². The van der Waals surface area contributed by atoms with E-state index in [9.17, 15) is 4.79 Å². The summed E-state index contributed by atoms with van der Waals surface area (Å²) in [4.78, 5) is 19.6. The van der Waals surface area contributed by atoms with Crippen LogP contribution < -0.4 is 5.32 Å². The molecule has 0 bridgehead atoms. The van der Waals surface area contributed by atoms with Crippen molar-refractivity contribution in [2.24, 2.45) is 7.05 Å². The molecule has 0 saturated carbocycles. The number of rotatable bonds is 6. The van der Waals surface area contributed by atoms with Crippen molar-refractivity contribution in [1.82, 2.24) is 14.5 Å². The third-order valence-corrected chi connectivity index (χ3v) is 4.87. The van der Waals surface area contributed by atoms with Gasteiger partial charge >= 0.3 is 0 Å². The maximum Gasteiger partial charge on any atom is 0.252 e. The number of aromatic nitrogens is 2. The van der Waals surface area contributed by atoms with Crippen LogP contribution in [0.1, 0.15) is 23.9 Å². The lowest BCUT2D eigenvalue weighted by Crippen LogP contribution is -2.48. The van der Waals surface area contributed by atoms with E-state index in [2.05, 4.69) is 10.3 Å². The molecule has 3 rings (SSSR count). The highest BCUT2D eigenvalue weighted by atomic mass is 16.2. The molecule has 5 nitrogen and oxygen atoms in total. The largest absolute Gasteiger partial charge is 0.368 e. The Morgan fingerprint density at radius 1 is 1.15 bits per heavy atom. The van der Waals surface area contributed by atoms with Gasteiger partial charge in [0.05, 0.1) is 6.54 Å². The second-order valence-electron chi connectivity index (χ2n) is 7.10. The van der Waals surface area contributed by atoms with Crippen LogP contribution in [0.5, 0.6) is 0 Å². The molecule has 0 aliphatic carbocycles. The van der Waals surface area contributed by atoms with Crippen LogP contribution in [0.3, 0.4) is 0 Å². The number of aryl methyl sites for hydroxylation is 2. The monoisotopic (exact) mass is 362 g/mol. The van der Waals surface area contributed by atoms with E-state index in [1.54, 1.807) is 11.1 Å².